The summed E-state index contributed by atoms with van der Waals surface area (Å²) in [5, 5.41) is 0. The number of carbonyl (C=O) groups excluding carboxylic acids is 1. The first kappa shape index (κ1) is 14.8. The Morgan fingerprint density at radius 3 is 2.70 bits per heavy atom. The van der Waals surface area contributed by atoms with E-state index in [1.54, 1.807) is 11.0 Å². The average molecular weight is 279 g/mol. The molecule has 0 aromatic heterocycles. The Morgan fingerprint density at radius 2 is 2.10 bits per heavy atom. The van der Waals surface area contributed by atoms with E-state index < -0.39 is 5.60 Å². The molecular formula is C16H22FNO2. The van der Waals surface area contributed by atoms with Crippen LogP contribution in [-0.2, 0) is 4.74 Å². The highest BCUT2D eigenvalue weighted by molar-refractivity contribution is 5.69. The lowest BCUT2D eigenvalue weighted by Gasteiger charge is -2.30. The van der Waals surface area contributed by atoms with Crippen molar-refractivity contribution < 1.29 is 13.9 Å². The Bertz CT molecular complexity index is 495. The molecule has 3 nitrogen and oxygen atoms in total. The summed E-state index contributed by atoms with van der Waals surface area (Å²) < 4.78 is 18.9. The first-order valence-electron chi connectivity index (χ1n) is 7.03. The van der Waals surface area contributed by atoms with Gasteiger partial charge in [0.1, 0.15) is 11.4 Å². The van der Waals surface area contributed by atoms with Crippen molar-refractivity contribution in [3.05, 3.63) is 35.6 Å². The van der Waals surface area contributed by atoms with Crippen molar-refractivity contribution in [2.24, 2.45) is 5.92 Å². The summed E-state index contributed by atoms with van der Waals surface area (Å²) >= 11 is 0. The summed E-state index contributed by atoms with van der Waals surface area (Å²) in [7, 11) is 0. The van der Waals surface area contributed by atoms with Gasteiger partial charge < -0.3 is 9.64 Å². The van der Waals surface area contributed by atoms with Crippen molar-refractivity contribution in [3.63, 3.8) is 0 Å². The highest BCUT2D eigenvalue weighted by Gasteiger charge is 2.37. The second-order valence-electron chi connectivity index (χ2n) is 6.44. The zero-order valence-corrected chi connectivity index (χ0v) is 12.5. The molecule has 0 saturated carbocycles. The minimum Gasteiger partial charge on any atom is -0.444 e. The molecule has 1 aromatic rings. The molecule has 20 heavy (non-hydrogen) atoms. The third-order valence-electron chi connectivity index (χ3n) is 3.52. The lowest BCUT2D eigenvalue weighted by Crippen LogP contribution is -2.37. The van der Waals surface area contributed by atoms with Crippen LogP contribution in [0.3, 0.4) is 0 Å². The molecule has 1 aromatic carbocycles. The molecule has 1 heterocycles. The van der Waals surface area contributed by atoms with E-state index in [-0.39, 0.29) is 18.0 Å². The quantitative estimate of drug-likeness (QED) is 0.773. The zero-order valence-electron chi connectivity index (χ0n) is 12.5. The molecule has 1 unspecified atom stereocenters. The van der Waals surface area contributed by atoms with E-state index in [0.717, 1.165) is 12.0 Å². The van der Waals surface area contributed by atoms with E-state index >= 15 is 0 Å². The molecule has 2 atom stereocenters. The SMILES string of the molecule is C[C@H]1CCN(C(=O)OC(C)(C)C)C1c1cccc(F)c1. The van der Waals surface area contributed by atoms with Gasteiger partial charge in [0.2, 0.25) is 0 Å². The van der Waals surface area contributed by atoms with Gasteiger partial charge in [-0.2, -0.15) is 0 Å². The predicted molar refractivity (Wildman–Crippen MR) is 75.9 cm³/mol. The van der Waals surface area contributed by atoms with E-state index in [9.17, 15) is 9.18 Å². The summed E-state index contributed by atoms with van der Waals surface area (Å²) in [5.41, 5.74) is 0.316. The van der Waals surface area contributed by atoms with E-state index in [0.29, 0.717) is 12.5 Å². The van der Waals surface area contributed by atoms with Gasteiger partial charge in [-0.05, 0) is 50.8 Å². The van der Waals surface area contributed by atoms with Crippen LogP contribution in [-0.4, -0.2) is 23.1 Å². The molecule has 1 aliphatic heterocycles. The Balaban J connectivity index is 2.23. The van der Waals surface area contributed by atoms with Gasteiger partial charge in [0, 0.05) is 6.54 Å². The zero-order chi connectivity index (χ0) is 14.9. The van der Waals surface area contributed by atoms with Crippen molar-refractivity contribution >= 4 is 6.09 Å². The lowest BCUT2D eigenvalue weighted by molar-refractivity contribution is 0.0208. The molecule has 1 fully saturated rings. The van der Waals surface area contributed by atoms with Crippen LogP contribution in [0.25, 0.3) is 0 Å². The van der Waals surface area contributed by atoms with Crippen molar-refractivity contribution in [1.29, 1.82) is 0 Å². The van der Waals surface area contributed by atoms with E-state index in [4.69, 9.17) is 4.74 Å². The number of nitrogens with zero attached hydrogens (tertiary/aromatic N) is 1. The van der Waals surface area contributed by atoms with Crippen molar-refractivity contribution in [2.75, 3.05) is 6.54 Å². The van der Waals surface area contributed by atoms with Gasteiger partial charge in [-0.1, -0.05) is 19.1 Å². The normalized spacial score (nSPS) is 22.9. The third kappa shape index (κ3) is 3.30. The second-order valence-corrected chi connectivity index (χ2v) is 6.44. The summed E-state index contributed by atoms with van der Waals surface area (Å²) in [6.07, 6.45) is 0.580. The molecule has 110 valence electrons. The van der Waals surface area contributed by atoms with Crippen molar-refractivity contribution in [2.45, 2.75) is 45.8 Å². The van der Waals surface area contributed by atoms with Gasteiger partial charge in [-0.25, -0.2) is 9.18 Å². The standard InChI is InChI=1S/C16H22FNO2/c1-11-8-9-18(15(19)20-16(2,3)4)14(11)12-6-5-7-13(17)10-12/h5-7,10-11,14H,8-9H2,1-4H3/t11-,14?/m0/s1. The Labute approximate surface area is 119 Å². The highest BCUT2D eigenvalue weighted by Crippen LogP contribution is 2.37. The van der Waals surface area contributed by atoms with Gasteiger partial charge in [-0.3, -0.25) is 0 Å². The molecule has 1 amide bonds. The van der Waals surface area contributed by atoms with Gasteiger partial charge in [0.05, 0.1) is 6.04 Å². The first-order valence-corrected chi connectivity index (χ1v) is 7.03. The summed E-state index contributed by atoms with van der Waals surface area (Å²) in [6, 6.07) is 6.36. The highest BCUT2D eigenvalue weighted by atomic mass is 19.1. The minimum atomic E-state index is -0.518. The maximum atomic E-state index is 13.4. The number of amides is 1. The number of benzene rings is 1. The van der Waals surface area contributed by atoms with Crippen LogP contribution in [0.4, 0.5) is 9.18 Å². The predicted octanol–water partition coefficient (Wildman–Crippen LogP) is 4.14. The molecule has 1 saturated heterocycles. The number of hydrogen-bond donors (Lipinski definition) is 0. The third-order valence-corrected chi connectivity index (χ3v) is 3.52. The summed E-state index contributed by atoms with van der Waals surface area (Å²) in [4.78, 5) is 14.0. The number of hydrogen-bond acceptors (Lipinski definition) is 2. The van der Waals surface area contributed by atoms with E-state index in [2.05, 4.69) is 6.92 Å². The Kier molecular flexibility index (Phi) is 4.02. The lowest BCUT2D eigenvalue weighted by atomic mass is 9.95. The fourth-order valence-corrected chi connectivity index (χ4v) is 2.67. The molecule has 4 heteroatoms. The van der Waals surface area contributed by atoms with Gasteiger partial charge in [0.15, 0.2) is 0 Å². The number of likely N-dealkylation sites (tertiary alicyclic amines) is 1. The number of ether oxygens (including phenoxy) is 1. The van der Waals surface area contributed by atoms with Crippen LogP contribution >= 0.6 is 0 Å². The Morgan fingerprint density at radius 1 is 1.40 bits per heavy atom. The van der Waals surface area contributed by atoms with Crippen LogP contribution in [0.2, 0.25) is 0 Å². The smallest absolute Gasteiger partial charge is 0.410 e. The van der Waals surface area contributed by atoms with E-state index in [1.807, 2.05) is 26.8 Å². The van der Waals surface area contributed by atoms with Crippen molar-refractivity contribution in [1.82, 2.24) is 4.90 Å². The van der Waals surface area contributed by atoms with Gasteiger partial charge in [-0.15, -0.1) is 0 Å². The van der Waals surface area contributed by atoms with Crippen LogP contribution < -0.4 is 0 Å². The molecule has 0 aliphatic carbocycles. The monoisotopic (exact) mass is 279 g/mol. The fraction of sp³-hybridized carbons (Fsp3) is 0.562. The maximum Gasteiger partial charge on any atom is 0.410 e. The molecule has 2 rings (SSSR count). The van der Waals surface area contributed by atoms with Crippen LogP contribution in [0, 0.1) is 11.7 Å². The number of rotatable bonds is 1. The number of carbonyl (C=O) groups is 1. The molecule has 0 radical (unpaired) electrons. The second kappa shape index (κ2) is 5.43. The first-order chi connectivity index (χ1) is 9.28. The van der Waals surface area contributed by atoms with Gasteiger partial charge in [0.25, 0.3) is 0 Å². The number of halogens is 1. The molecule has 0 N–H and O–H groups in total. The van der Waals surface area contributed by atoms with Crippen LogP contribution in [0.15, 0.2) is 24.3 Å². The molecular weight excluding hydrogens is 257 g/mol. The van der Waals surface area contributed by atoms with Gasteiger partial charge >= 0.3 is 6.09 Å². The summed E-state index contributed by atoms with van der Waals surface area (Å²) in [5.74, 6) is 0.0232. The minimum absolute atomic E-state index is 0.111. The van der Waals surface area contributed by atoms with Crippen LogP contribution in [0.5, 0.6) is 0 Å². The summed E-state index contributed by atoms with van der Waals surface area (Å²) in [6.45, 7) is 8.28. The van der Waals surface area contributed by atoms with Crippen LogP contribution in [0.1, 0.15) is 45.7 Å². The Hall–Kier alpha value is -1.58. The molecule has 1 aliphatic rings. The van der Waals surface area contributed by atoms with E-state index in [1.165, 1.54) is 12.1 Å². The average Bonchev–Trinajstić information content (AvgIpc) is 2.69. The van der Waals surface area contributed by atoms with Crippen molar-refractivity contribution in [3.8, 4) is 0 Å². The molecule has 0 bridgehead atoms. The maximum absolute atomic E-state index is 13.4. The largest absolute Gasteiger partial charge is 0.444 e. The topological polar surface area (TPSA) is 29.5 Å². The fourth-order valence-electron chi connectivity index (χ4n) is 2.67. The molecule has 0 spiro atoms.